The minimum absolute atomic E-state index is 0.342. The van der Waals surface area contributed by atoms with Crippen molar-refractivity contribution in [2.75, 3.05) is 0 Å². The van der Waals surface area contributed by atoms with Crippen molar-refractivity contribution in [3.8, 4) is 0 Å². The van der Waals surface area contributed by atoms with E-state index in [1.54, 1.807) is 0 Å². The minimum Gasteiger partial charge on any atom is -0.123 e. The van der Waals surface area contributed by atoms with Gasteiger partial charge in [-0.25, -0.2) is 0 Å². The van der Waals surface area contributed by atoms with Crippen LogP contribution in [0.2, 0.25) is 0 Å². The molecule has 0 spiro atoms. The van der Waals surface area contributed by atoms with E-state index in [9.17, 15) is 0 Å². The van der Waals surface area contributed by atoms with Crippen LogP contribution in [0.1, 0.15) is 31.2 Å². The van der Waals surface area contributed by atoms with Crippen molar-refractivity contribution in [3.63, 3.8) is 0 Å². The maximum absolute atomic E-state index is 6.13. The largest absolute Gasteiger partial charge is 0.123 e. The molecule has 2 radical (unpaired) electrons. The van der Waals surface area contributed by atoms with Crippen molar-refractivity contribution >= 4 is 11.6 Å². The van der Waals surface area contributed by atoms with Gasteiger partial charge in [-0.1, -0.05) is 36.8 Å². The first-order valence-corrected chi connectivity index (χ1v) is 5.99. The first-order chi connectivity index (χ1) is 7.34. The summed E-state index contributed by atoms with van der Waals surface area (Å²) in [5.41, 5.74) is 1.11. The van der Waals surface area contributed by atoms with Crippen LogP contribution < -0.4 is 0 Å². The van der Waals surface area contributed by atoms with Crippen molar-refractivity contribution in [1.29, 1.82) is 0 Å². The molecule has 0 nitrogen and oxygen atoms in total. The minimum atomic E-state index is 0.342. The highest BCUT2D eigenvalue weighted by Crippen LogP contribution is 2.28. The molecule has 2 atom stereocenters. The van der Waals surface area contributed by atoms with Crippen LogP contribution in [0.25, 0.3) is 0 Å². The van der Waals surface area contributed by atoms with Crippen molar-refractivity contribution < 1.29 is 0 Å². The molecule has 0 saturated heterocycles. The Balaban J connectivity index is 1.93. The number of allylic oxidation sites excluding steroid dienone is 1. The second-order valence-electron chi connectivity index (χ2n) is 4.10. The molecular formula is C14H15Cl. The van der Waals surface area contributed by atoms with Gasteiger partial charge in [-0.15, -0.1) is 11.6 Å². The van der Waals surface area contributed by atoms with E-state index in [0.717, 1.165) is 18.4 Å². The summed E-state index contributed by atoms with van der Waals surface area (Å²) in [5.74, 6) is 0.501. The zero-order valence-corrected chi connectivity index (χ0v) is 9.50. The Bertz CT molecular complexity index is 315. The average Bonchev–Trinajstić information content (AvgIpc) is 2.28. The lowest BCUT2D eigenvalue weighted by Gasteiger charge is -2.21. The summed E-state index contributed by atoms with van der Waals surface area (Å²) < 4.78 is 0. The van der Waals surface area contributed by atoms with Crippen LogP contribution in [0.15, 0.2) is 30.3 Å². The third-order valence-electron chi connectivity index (χ3n) is 2.80. The molecule has 78 valence electrons. The lowest BCUT2D eigenvalue weighted by molar-refractivity contribution is 0.415. The lowest BCUT2D eigenvalue weighted by atomic mass is 9.88. The van der Waals surface area contributed by atoms with Gasteiger partial charge in [0.15, 0.2) is 0 Å². The number of hydrogen-bond acceptors (Lipinski definition) is 0. The molecule has 0 amide bonds. The Morgan fingerprint density at radius 3 is 2.67 bits per heavy atom. The lowest BCUT2D eigenvalue weighted by Crippen LogP contribution is -2.13. The summed E-state index contributed by atoms with van der Waals surface area (Å²) in [4.78, 5) is 0. The maximum atomic E-state index is 6.13. The number of benzene rings is 1. The number of hydrogen-bond donors (Lipinski definition) is 0. The maximum Gasteiger partial charge on any atom is 0.0341 e. The zero-order valence-electron chi connectivity index (χ0n) is 8.75. The average molecular weight is 219 g/mol. The van der Waals surface area contributed by atoms with Crippen LogP contribution in [-0.4, -0.2) is 5.38 Å². The van der Waals surface area contributed by atoms with E-state index in [0.29, 0.717) is 11.3 Å². The fourth-order valence-corrected chi connectivity index (χ4v) is 2.34. The first-order valence-electron chi connectivity index (χ1n) is 5.55. The van der Waals surface area contributed by atoms with Crippen molar-refractivity contribution in [2.45, 2.75) is 31.1 Å². The van der Waals surface area contributed by atoms with E-state index in [2.05, 4.69) is 12.2 Å². The smallest absolute Gasteiger partial charge is 0.0341 e. The fraction of sp³-hybridized carbons (Fsp3) is 0.429. The molecule has 15 heavy (non-hydrogen) atoms. The van der Waals surface area contributed by atoms with Crippen LogP contribution >= 0.6 is 11.6 Å². The molecule has 1 saturated carbocycles. The second kappa shape index (κ2) is 5.37. The van der Waals surface area contributed by atoms with Gasteiger partial charge in [0.1, 0.15) is 0 Å². The molecule has 0 aromatic heterocycles. The van der Waals surface area contributed by atoms with Crippen molar-refractivity contribution in [3.05, 3.63) is 48.0 Å². The van der Waals surface area contributed by atoms with Gasteiger partial charge in [-0.2, -0.15) is 0 Å². The Kier molecular flexibility index (Phi) is 3.85. The standard InChI is InChI=1S/C14H15Cl/c15-14-8-4-7-13(11-14)10-9-12-5-2-1-3-6-12/h1-3,5-6,13-14H,4,7-8,11H2/t13-,14-/m0/s1. The number of rotatable bonds is 2. The first kappa shape index (κ1) is 10.8. The van der Waals surface area contributed by atoms with Crippen LogP contribution in [-0.2, 0) is 0 Å². The molecule has 2 rings (SSSR count). The quantitative estimate of drug-likeness (QED) is 0.659. The highest BCUT2D eigenvalue weighted by molar-refractivity contribution is 6.20. The van der Waals surface area contributed by atoms with Gasteiger partial charge in [0.2, 0.25) is 0 Å². The molecule has 0 N–H and O–H groups in total. The molecular weight excluding hydrogens is 204 g/mol. The Morgan fingerprint density at radius 1 is 1.13 bits per heavy atom. The highest BCUT2D eigenvalue weighted by atomic mass is 35.5. The van der Waals surface area contributed by atoms with E-state index in [1.165, 1.54) is 12.8 Å². The third kappa shape index (κ3) is 3.39. The molecule has 0 bridgehead atoms. The molecule has 1 fully saturated rings. The summed E-state index contributed by atoms with van der Waals surface area (Å²) in [6.45, 7) is 0. The predicted octanol–water partition coefficient (Wildman–Crippen LogP) is 3.99. The molecule has 1 heteroatoms. The Morgan fingerprint density at radius 2 is 1.93 bits per heavy atom. The normalized spacial score (nSPS) is 27.0. The van der Waals surface area contributed by atoms with Gasteiger partial charge in [-0.05, 0) is 42.9 Å². The third-order valence-corrected chi connectivity index (χ3v) is 3.20. The highest BCUT2D eigenvalue weighted by Gasteiger charge is 2.18. The monoisotopic (exact) mass is 218 g/mol. The van der Waals surface area contributed by atoms with Gasteiger partial charge >= 0.3 is 0 Å². The summed E-state index contributed by atoms with van der Waals surface area (Å²) in [7, 11) is 0. The van der Waals surface area contributed by atoms with E-state index < -0.39 is 0 Å². The molecule has 1 aliphatic rings. The summed E-state index contributed by atoms with van der Waals surface area (Å²) >= 11 is 6.13. The summed E-state index contributed by atoms with van der Waals surface area (Å²) in [6, 6.07) is 10.2. The fourth-order valence-electron chi connectivity index (χ4n) is 1.97. The van der Waals surface area contributed by atoms with Gasteiger partial charge in [0, 0.05) is 5.38 Å². The SMILES string of the molecule is Cl[C@H]1CCC[C@@H]([C]=[C]c2ccccc2)C1. The predicted molar refractivity (Wildman–Crippen MR) is 63.6 cm³/mol. The van der Waals surface area contributed by atoms with Crippen LogP contribution in [0.4, 0.5) is 0 Å². The van der Waals surface area contributed by atoms with E-state index >= 15 is 0 Å². The van der Waals surface area contributed by atoms with Crippen LogP contribution in [0.3, 0.4) is 0 Å². The van der Waals surface area contributed by atoms with Gasteiger partial charge < -0.3 is 0 Å². The van der Waals surface area contributed by atoms with Crippen molar-refractivity contribution in [1.82, 2.24) is 0 Å². The second-order valence-corrected chi connectivity index (χ2v) is 4.71. The molecule has 0 heterocycles. The molecule has 1 aromatic rings. The van der Waals surface area contributed by atoms with Gasteiger partial charge in [0.05, 0.1) is 0 Å². The van der Waals surface area contributed by atoms with E-state index in [4.69, 9.17) is 11.6 Å². The summed E-state index contributed by atoms with van der Waals surface area (Å²) in [5, 5.41) is 0.342. The summed E-state index contributed by atoms with van der Waals surface area (Å²) in [6.07, 6.45) is 11.2. The van der Waals surface area contributed by atoms with Crippen molar-refractivity contribution in [2.24, 2.45) is 5.92 Å². The number of halogens is 1. The molecule has 0 unspecified atom stereocenters. The van der Waals surface area contributed by atoms with Gasteiger partial charge in [0.25, 0.3) is 0 Å². The topological polar surface area (TPSA) is 0 Å². The van der Waals surface area contributed by atoms with Gasteiger partial charge in [-0.3, -0.25) is 0 Å². The Labute approximate surface area is 97.0 Å². The molecule has 0 aliphatic heterocycles. The zero-order chi connectivity index (χ0) is 10.5. The Hall–Kier alpha value is -0.750. The van der Waals surface area contributed by atoms with Crippen LogP contribution in [0, 0.1) is 18.1 Å². The molecule has 1 aliphatic carbocycles. The van der Waals surface area contributed by atoms with E-state index in [1.807, 2.05) is 30.3 Å². The van der Waals surface area contributed by atoms with E-state index in [-0.39, 0.29) is 0 Å². The molecule has 1 aromatic carbocycles. The van der Waals surface area contributed by atoms with Crippen LogP contribution in [0.5, 0.6) is 0 Å². The number of alkyl halides is 1.